The Morgan fingerprint density at radius 1 is 1.26 bits per heavy atom. The van der Waals surface area contributed by atoms with E-state index >= 15 is 0 Å². The molecule has 4 nitrogen and oxygen atoms in total. The zero-order valence-corrected chi connectivity index (χ0v) is 11.4. The first-order valence-corrected chi connectivity index (χ1v) is 6.82. The highest BCUT2D eigenvalue weighted by molar-refractivity contribution is 6.00. The highest BCUT2D eigenvalue weighted by Gasteiger charge is 2.19. The van der Waals surface area contributed by atoms with Crippen LogP contribution >= 0.6 is 0 Å². The number of hydrogen-bond donors (Lipinski definition) is 1. The largest absolute Gasteiger partial charge is 0.417 e. The number of oxazole rings is 1. The molecule has 1 N–H and O–H groups in total. The number of fused-ring (bicyclic) bond motifs is 1. The first kappa shape index (κ1) is 13.6. The maximum Gasteiger partial charge on any atom is 0.417 e. The maximum atomic E-state index is 12.4. The van der Waals surface area contributed by atoms with Crippen LogP contribution in [-0.2, 0) is 0 Å². The summed E-state index contributed by atoms with van der Waals surface area (Å²) in [7, 11) is 0. The maximum absolute atomic E-state index is 12.4. The van der Waals surface area contributed by atoms with Crippen molar-refractivity contribution in [1.82, 2.24) is 4.98 Å². The van der Waals surface area contributed by atoms with Crippen LogP contribution in [0, 0.1) is 5.92 Å². The molecule has 0 bridgehead atoms. The standard InChI is InChI=1S/C15H19NO3/c1-3-5-10(6-4-2)14(17)11-7-8-12-13(9-11)19-15(18)16-12/h7-10H,3-6H2,1-2H3,(H,16,18). The van der Waals surface area contributed by atoms with E-state index in [0.717, 1.165) is 25.7 Å². The fourth-order valence-corrected chi connectivity index (χ4v) is 2.44. The van der Waals surface area contributed by atoms with Gasteiger partial charge in [0.25, 0.3) is 0 Å². The van der Waals surface area contributed by atoms with E-state index in [4.69, 9.17) is 4.42 Å². The molecule has 4 heteroatoms. The van der Waals surface area contributed by atoms with Crippen LogP contribution in [0.1, 0.15) is 49.9 Å². The van der Waals surface area contributed by atoms with Gasteiger partial charge in [-0.1, -0.05) is 26.7 Å². The van der Waals surface area contributed by atoms with E-state index in [1.807, 2.05) is 0 Å². The predicted molar refractivity (Wildman–Crippen MR) is 74.5 cm³/mol. The number of carbonyl (C=O) groups excluding carboxylic acids is 1. The van der Waals surface area contributed by atoms with Gasteiger partial charge < -0.3 is 4.42 Å². The van der Waals surface area contributed by atoms with Gasteiger partial charge in [-0.3, -0.25) is 9.78 Å². The number of nitrogens with one attached hydrogen (secondary N) is 1. The first-order chi connectivity index (χ1) is 9.15. The summed E-state index contributed by atoms with van der Waals surface area (Å²) in [5, 5.41) is 0. The summed E-state index contributed by atoms with van der Waals surface area (Å²) in [4.78, 5) is 26.1. The van der Waals surface area contributed by atoms with Crippen molar-refractivity contribution in [2.24, 2.45) is 5.92 Å². The van der Waals surface area contributed by atoms with Gasteiger partial charge in [-0.15, -0.1) is 0 Å². The van der Waals surface area contributed by atoms with E-state index in [9.17, 15) is 9.59 Å². The molecule has 0 unspecified atom stereocenters. The lowest BCUT2D eigenvalue weighted by Crippen LogP contribution is -2.14. The third-order valence-corrected chi connectivity index (χ3v) is 3.35. The summed E-state index contributed by atoms with van der Waals surface area (Å²) >= 11 is 0. The molecule has 2 rings (SSSR count). The molecule has 1 heterocycles. The Balaban J connectivity index is 2.30. The van der Waals surface area contributed by atoms with Crippen molar-refractivity contribution in [2.75, 3.05) is 0 Å². The number of aromatic nitrogens is 1. The minimum absolute atomic E-state index is 0.0677. The fourth-order valence-electron chi connectivity index (χ4n) is 2.44. The van der Waals surface area contributed by atoms with Gasteiger partial charge in [0.15, 0.2) is 11.4 Å². The average molecular weight is 261 g/mol. The van der Waals surface area contributed by atoms with Gasteiger partial charge in [0.2, 0.25) is 0 Å². The molecular weight excluding hydrogens is 242 g/mol. The molecule has 1 aromatic carbocycles. The average Bonchev–Trinajstić information content (AvgIpc) is 2.76. The third kappa shape index (κ3) is 2.95. The van der Waals surface area contributed by atoms with Crippen molar-refractivity contribution in [3.63, 3.8) is 0 Å². The number of carbonyl (C=O) groups is 1. The Kier molecular flexibility index (Phi) is 4.20. The van der Waals surface area contributed by atoms with Crippen LogP contribution in [0.15, 0.2) is 27.4 Å². The Hall–Kier alpha value is -1.84. The lowest BCUT2D eigenvalue weighted by Gasteiger charge is -2.13. The van der Waals surface area contributed by atoms with Crippen LogP contribution in [0.4, 0.5) is 0 Å². The van der Waals surface area contributed by atoms with E-state index in [0.29, 0.717) is 16.7 Å². The highest BCUT2D eigenvalue weighted by Crippen LogP contribution is 2.21. The molecule has 1 aromatic heterocycles. The Morgan fingerprint density at radius 2 is 1.95 bits per heavy atom. The van der Waals surface area contributed by atoms with Gasteiger partial charge in [-0.05, 0) is 31.0 Å². The van der Waals surface area contributed by atoms with E-state index in [1.165, 1.54) is 0 Å². The van der Waals surface area contributed by atoms with Gasteiger partial charge in [-0.25, -0.2) is 4.79 Å². The molecule has 0 saturated heterocycles. The molecule has 0 spiro atoms. The molecule has 0 aliphatic carbocycles. The molecule has 19 heavy (non-hydrogen) atoms. The molecule has 0 saturated carbocycles. The molecule has 0 fully saturated rings. The second-order valence-corrected chi connectivity index (χ2v) is 4.86. The number of aromatic amines is 1. The summed E-state index contributed by atoms with van der Waals surface area (Å²) < 4.78 is 5.00. The monoisotopic (exact) mass is 261 g/mol. The molecule has 0 aliphatic heterocycles. The molecule has 0 aliphatic rings. The normalized spacial score (nSPS) is 11.3. The minimum Gasteiger partial charge on any atom is -0.408 e. The zero-order valence-electron chi connectivity index (χ0n) is 11.4. The van der Waals surface area contributed by atoms with E-state index < -0.39 is 5.76 Å². The molecule has 0 radical (unpaired) electrons. The second kappa shape index (κ2) is 5.87. The smallest absolute Gasteiger partial charge is 0.408 e. The first-order valence-electron chi connectivity index (χ1n) is 6.82. The van der Waals surface area contributed by atoms with Crippen molar-refractivity contribution in [3.8, 4) is 0 Å². The van der Waals surface area contributed by atoms with Crippen LogP contribution < -0.4 is 5.76 Å². The Bertz CT molecular complexity index is 618. The summed E-state index contributed by atoms with van der Waals surface area (Å²) in [5.74, 6) is -0.272. The Labute approximate surface area is 111 Å². The summed E-state index contributed by atoms with van der Waals surface area (Å²) in [5.41, 5.74) is 1.70. The van der Waals surface area contributed by atoms with Crippen molar-refractivity contribution in [1.29, 1.82) is 0 Å². The second-order valence-electron chi connectivity index (χ2n) is 4.86. The molecule has 0 amide bonds. The number of benzene rings is 1. The molecule has 0 atom stereocenters. The van der Waals surface area contributed by atoms with E-state index in [1.54, 1.807) is 18.2 Å². The lowest BCUT2D eigenvalue weighted by molar-refractivity contribution is 0.0905. The topological polar surface area (TPSA) is 63.1 Å². The predicted octanol–water partition coefficient (Wildman–Crippen LogP) is 3.52. The summed E-state index contributed by atoms with van der Waals surface area (Å²) in [6.45, 7) is 4.18. The number of ketones is 1. The van der Waals surface area contributed by atoms with E-state index in [2.05, 4.69) is 18.8 Å². The SMILES string of the molecule is CCCC(CCC)C(=O)c1ccc2[nH]c(=O)oc2c1. The number of hydrogen-bond acceptors (Lipinski definition) is 3. The lowest BCUT2D eigenvalue weighted by atomic mass is 9.90. The van der Waals surface area contributed by atoms with Gasteiger partial charge in [0.05, 0.1) is 5.52 Å². The van der Waals surface area contributed by atoms with Crippen LogP contribution in [0.3, 0.4) is 0 Å². The van der Waals surface area contributed by atoms with Crippen LogP contribution in [0.5, 0.6) is 0 Å². The van der Waals surface area contributed by atoms with E-state index in [-0.39, 0.29) is 11.7 Å². The van der Waals surface area contributed by atoms with Crippen LogP contribution in [0.2, 0.25) is 0 Å². The van der Waals surface area contributed by atoms with Crippen molar-refractivity contribution < 1.29 is 9.21 Å². The molecule has 102 valence electrons. The van der Waals surface area contributed by atoms with Crippen LogP contribution in [0.25, 0.3) is 11.1 Å². The Morgan fingerprint density at radius 3 is 2.58 bits per heavy atom. The van der Waals surface area contributed by atoms with Gasteiger partial charge in [0, 0.05) is 11.5 Å². The van der Waals surface area contributed by atoms with Crippen LogP contribution in [-0.4, -0.2) is 10.8 Å². The number of rotatable bonds is 6. The highest BCUT2D eigenvalue weighted by atomic mass is 16.4. The number of H-pyrrole nitrogens is 1. The zero-order chi connectivity index (χ0) is 13.8. The van der Waals surface area contributed by atoms with Crippen molar-refractivity contribution >= 4 is 16.9 Å². The minimum atomic E-state index is -0.488. The third-order valence-electron chi connectivity index (χ3n) is 3.35. The van der Waals surface area contributed by atoms with Gasteiger partial charge in [0.1, 0.15) is 0 Å². The fraction of sp³-hybridized carbons (Fsp3) is 0.467. The summed E-state index contributed by atoms with van der Waals surface area (Å²) in [6.07, 6.45) is 3.80. The van der Waals surface area contributed by atoms with Gasteiger partial charge in [-0.2, -0.15) is 0 Å². The van der Waals surface area contributed by atoms with Crippen molar-refractivity contribution in [3.05, 3.63) is 34.3 Å². The molecular formula is C15H19NO3. The quantitative estimate of drug-likeness (QED) is 0.809. The van der Waals surface area contributed by atoms with Gasteiger partial charge >= 0.3 is 5.76 Å². The summed E-state index contributed by atoms with van der Waals surface area (Å²) in [6, 6.07) is 5.14. The molecule has 2 aromatic rings. The number of Topliss-reactive ketones (excluding diaryl/α,β-unsaturated/α-hetero) is 1. The van der Waals surface area contributed by atoms with Crippen molar-refractivity contribution in [2.45, 2.75) is 39.5 Å².